The monoisotopic (exact) mass is 361 g/mol. The molecule has 0 aliphatic carbocycles. The predicted octanol–water partition coefficient (Wildman–Crippen LogP) is 5.77. The first-order valence-electron chi connectivity index (χ1n) is 8.84. The molecular weight excluding hydrogens is 342 g/mol. The zero-order valence-electron chi connectivity index (χ0n) is 14.5. The summed E-state index contributed by atoms with van der Waals surface area (Å²) in [5.74, 6) is -0.00152. The number of carbonyl (C=O) groups is 1. The van der Waals surface area contributed by atoms with E-state index in [2.05, 4.69) is 31.2 Å². The minimum absolute atomic E-state index is 0.0254. The molecule has 1 amide bonds. The van der Waals surface area contributed by atoms with Crippen molar-refractivity contribution in [3.63, 3.8) is 0 Å². The molecule has 3 heteroatoms. The summed E-state index contributed by atoms with van der Waals surface area (Å²) in [7, 11) is 0. The average molecular weight is 362 g/mol. The Labute approximate surface area is 159 Å². The van der Waals surface area contributed by atoms with Gasteiger partial charge < -0.3 is 4.90 Å². The molecule has 0 saturated carbocycles. The van der Waals surface area contributed by atoms with E-state index in [9.17, 15) is 4.79 Å². The molecule has 0 unspecified atom stereocenters. The standard InChI is InChI=1S/C23H20ClNO/c1-16(17-8-4-2-5-9-17)25-22(19-10-6-3-7-11-19)21(23(25)26)18-12-14-20(24)15-13-18/h2-16,21-22H,1H3/t16-,21-,22-/m1/s1. The van der Waals surface area contributed by atoms with Crippen molar-refractivity contribution in [2.45, 2.75) is 24.9 Å². The van der Waals surface area contributed by atoms with E-state index < -0.39 is 0 Å². The number of hydrogen-bond acceptors (Lipinski definition) is 1. The number of nitrogens with zero attached hydrogens (tertiary/aromatic N) is 1. The van der Waals surface area contributed by atoms with Crippen molar-refractivity contribution in [1.82, 2.24) is 4.90 Å². The lowest BCUT2D eigenvalue weighted by Crippen LogP contribution is -2.54. The van der Waals surface area contributed by atoms with E-state index in [0.717, 1.165) is 16.7 Å². The maximum absolute atomic E-state index is 13.1. The van der Waals surface area contributed by atoms with Crippen LogP contribution in [-0.2, 0) is 4.79 Å². The van der Waals surface area contributed by atoms with Crippen molar-refractivity contribution >= 4 is 17.5 Å². The van der Waals surface area contributed by atoms with Gasteiger partial charge in [0.1, 0.15) is 0 Å². The van der Waals surface area contributed by atoms with Crippen LogP contribution in [0.4, 0.5) is 0 Å². The quantitative estimate of drug-likeness (QED) is 0.540. The Kier molecular flexibility index (Phi) is 4.52. The van der Waals surface area contributed by atoms with E-state index in [0.29, 0.717) is 5.02 Å². The number of halogens is 1. The van der Waals surface area contributed by atoms with Gasteiger partial charge in [0.05, 0.1) is 18.0 Å². The number of β-lactam (4-membered cyclic amide) rings is 1. The van der Waals surface area contributed by atoms with Gasteiger partial charge in [-0.25, -0.2) is 0 Å². The van der Waals surface area contributed by atoms with Gasteiger partial charge in [0.15, 0.2) is 0 Å². The zero-order valence-corrected chi connectivity index (χ0v) is 15.3. The molecule has 2 nitrogen and oxygen atoms in total. The highest BCUT2D eigenvalue weighted by atomic mass is 35.5. The number of carbonyl (C=O) groups excluding carboxylic acids is 1. The lowest BCUT2D eigenvalue weighted by Gasteiger charge is -2.51. The molecule has 130 valence electrons. The smallest absolute Gasteiger partial charge is 0.233 e. The van der Waals surface area contributed by atoms with Crippen LogP contribution in [0, 0.1) is 0 Å². The number of benzene rings is 3. The molecule has 1 fully saturated rings. The summed E-state index contributed by atoms with van der Waals surface area (Å²) in [6.45, 7) is 2.10. The van der Waals surface area contributed by atoms with Crippen LogP contribution in [0.5, 0.6) is 0 Å². The SMILES string of the molecule is C[C@H](c1ccccc1)N1C(=O)[C@H](c2ccc(Cl)cc2)[C@H]1c1ccccc1. The van der Waals surface area contributed by atoms with Gasteiger partial charge in [0.25, 0.3) is 0 Å². The van der Waals surface area contributed by atoms with Crippen molar-refractivity contribution in [3.05, 3.63) is 107 Å². The highest BCUT2D eigenvalue weighted by molar-refractivity contribution is 6.30. The molecule has 0 radical (unpaired) electrons. The second kappa shape index (κ2) is 6.97. The summed E-state index contributed by atoms with van der Waals surface area (Å²) >= 11 is 6.03. The third kappa shape index (κ3) is 2.91. The van der Waals surface area contributed by atoms with Crippen LogP contribution < -0.4 is 0 Å². The summed E-state index contributed by atoms with van der Waals surface area (Å²) in [5, 5.41) is 0.686. The van der Waals surface area contributed by atoms with Gasteiger partial charge in [-0.3, -0.25) is 4.79 Å². The summed E-state index contributed by atoms with van der Waals surface area (Å²) < 4.78 is 0. The van der Waals surface area contributed by atoms with Gasteiger partial charge in [0.2, 0.25) is 5.91 Å². The highest BCUT2D eigenvalue weighted by Gasteiger charge is 2.50. The van der Waals surface area contributed by atoms with Crippen molar-refractivity contribution in [2.75, 3.05) is 0 Å². The van der Waals surface area contributed by atoms with Gasteiger partial charge in [-0.2, -0.15) is 0 Å². The van der Waals surface area contributed by atoms with Crippen molar-refractivity contribution in [1.29, 1.82) is 0 Å². The number of amides is 1. The van der Waals surface area contributed by atoms with Crippen LogP contribution >= 0.6 is 11.6 Å². The highest BCUT2D eigenvalue weighted by Crippen LogP contribution is 2.50. The third-order valence-corrected chi connectivity index (χ3v) is 5.46. The normalized spacial score (nSPS) is 20.5. The molecule has 0 spiro atoms. The van der Waals surface area contributed by atoms with Gasteiger partial charge >= 0.3 is 0 Å². The second-order valence-electron chi connectivity index (χ2n) is 6.72. The number of likely N-dealkylation sites (tertiary alicyclic amines) is 1. The van der Waals surface area contributed by atoms with Crippen LogP contribution in [0.15, 0.2) is 84.9 Å². The summed E-state index contributed by atoms with van der Waals surface area (Å²) in [4.78, 5) is 15.1. The van der Waals surface area contributed by atoms with Gasteiger partial charge in [-0.05, 0) is 35.7 Å². The lowest BCUT2D eigenvalue weighted by atomic mass is 9.76. The molecular formula is C23H20ClNO. The Morgan fingerprint density at radius 3 is 2.00 bits per heavy atom. The van der Waals surface area contributed by atoms with Crippen LogP contribution in [0.3, 0.4) is 0 Å². The Bertz CT molecular complexity index is 893. The first-order chi connectivity index (χ1) is 12.7. The summed E-state index contributed by atoms with van der Waals surface area (Å²) in [6, 6.07) is 28.2. The minimum Gasteiger partial charge on any atom is -0.327 e. The molecule has 3 aromatic rings. The Hall–Kier alpha value is -2.58. The van der Waals surface area contributed by atoms with Gasteiger partial charge in [-0.1, -0.05) is 84.4 Å². The zero-order chi connectivity index (χ0) is 18.1. The molecule has 26 heavy (non-hydrogen) atoms. The topological polar surface area (TPSA) is 20.3 Å². The maximum atomic E-state index is 13.1. The fourth-order valence-corrected chi connectivity index (χ4v) is 3.96. The van der Waals surface area contributed by atoms with Gasteiger partial charge in [0, 0.05) is 5.02 Å². The fraction of sp³-hybridized carbons (Fsp3) is 0.174. The summed E-state index contributed by atoms with van der Waals surface area (Å²) in [6.07, 6.45) is 0. The van der Waals surface area contributed by atoms with E-state index in [1.807, 2.05) is 65.6 Å². The fourth-order valence-electron chi connectivity index (χ4n) is 3.83. The minimum atomic E-state index is -0.166. The van der Waals surface area contributed by atoms with Crippen LogP contribution in [0.1, 0.15) is 41.6 Å². The maximum Gasteiger partial charge on any atom is 0.233 e. The van der Waals surface area contributed by atoms with E-state index in [4.69, 9.17) is 11.6 Å². The molecule has 0 bridgehead atoms. The van der Waals surface area contributed by atoms with Gasteiger partial charge in [-0.15, -0.1) is 0 Å². The van der Waals surface area contributed by atoms with E-state index in [1.54, 1.807) is 0 Å². The first-order valence-corrected chi connectivity index (χ1v) is 9.22. The molecule has 4 rings (SSSR count). The Morgan fingerprint density at radius 2 is 1.38 bits per heavy atom. The second-order valence-corrected chi connectivity index (χ2v) is 7.15. The molecule has 1 aliphatic rings. The van der Waals surface area contributed by atoms with Crippen molar-refractivity contribution < 1.29 is 4.79 Å². The molecule has 3 atom stereocenters. The van der Waals surface area contributed by atoms with Crippen LogP contribution in [-0.4, -0.2) is 10.8 Å². The van der Waals surface area contributed by atoms with E-state index in [1.165, 1.54) is 0 Å². The van der Waals surface area contributed by atoms with Crippen molar-refractivity contribution in [2.24, 2.45) is 0 Å². The Balaban J connectivity index is 1.72. The third-order valence-electron chi connectivity index (χ3n) is 5.21. The molecule has 1 saturated heterocycles. The average Bonchev–Trinajstić information content (AvgIpc) is 2.69. The number of hydrogen-bond donors (Lipinski definition) is 0. The predicted molar refractivity (Wildman–Crippen MR) is 105 cm³/mol. The van der Waals surface area contributed by atoms with Crippen LogP contribution in [0.25, 0.3) is 0 Å². The molecule has 0 N–H and O–H groups in total. The molecule has 3 aromatic carbocycles. The first kappa shape index (κ1) is 16.9. The number of rotatable bonds is 4. The molecule has 1 aliphatic heterocycles. The Morgan fingerprint density at radius 1 is 0.808 bits per heavy atom. The molecule has 1 heterocycles. The summed E-state index contributed by atoms with van der Waals surface area (Å²) in [5.41, 5.74) is 3.33. The lowest BCUT2D eigenvalue weighted by molar-refractivity contribution is -0.154. The van der Waals surface area contributed by atoms with Crippen LogP contribution in [0.2, 0.25) is 5.02 Å². The van der Waals surface area contributed by atoms with Crippen molar-refractivity contribution in [3.8, 4) is 0 Å². The molecule has 0 aromatic heterocycles. The van der Waals surface area contributed by atoms with E-state index >= 15 is 0 Å². The van der Waals surface area contributed by atoms with E-state index in [-0.39, 0.29) is 23.9 Å². The largest absolute Gasteiger partial charge is 0.327 e.